The second-order valence-corrected chi connectivity index (χ2v) is 6.12. The molecule has 0 unspecified atom stereocenters. The maximum Gasteiger partial charge on any atom is 0.274 e. The van der Waals surface area contributed by atoms with Gasteiger partial charge in [0.1, 0.15) is 18.9 Å². The smallest absolute Gasteiger partial charge is 0.274 e. The van der Waals surface area contributed by atoms with E-state index >= 15 is 0 Å². The highest BCUT2D eigenvalue weighted by atomic mass is 16.6. The normalized spacial score (nSPS) is 13.0. The highest BCUT2D eigenvalue weighted by Gasteiger charge is 2.18. The first-order valence-electron chi connectivity index (χ1n) is 8.44. The first-order valence-corrected chi connectivity index (χ1v) is 8.44. The number of nitrogens with two attached hydrogens (primary N) is 1. The Labute approximate surface area is 153 Å². The van der Waals surface area contributed by atoms with Crippen LogP contribution in [-0.2, 0) is 0 Å². The Hall–Kier alpha value is -3.81. The average molecular weight is 361 g/mol. The van der Waals surface area contributed by atoms with Gasteiger partial charge in [-0.05, 0) is 30.3 Å². The van der Waals surface area contributed by atoms with Crippen molar-refractivity contribution in [3.8, 4) is 34.0 Å². The van der Waals surface area contributed by atoms with Gasteiger partial charge in [0.2, 0.25) is 0 Å². The molecule has 0 amide bonds. The molecule has 3 N–H and O–H groups in total. The number of H-pyrrole nitrogens is 1. The molecule has 0 radical (unpaired) electrons. The van der Waals surface area contributed by atoms with Gasteiger partial charge in [0.25, 0.3) is 5.56 Å². The van der Waals surface area contributed by atoms with Crippen LogP contribution in [0.2, 0.25) is 0 Å². The summed E-state index contributed by atoms with van der Waals surface area (Å²) in [5.41, 5.74) is 8.92. The monoisotopic (exact) mass is 361 g/mol. The molecule has 27 heavy (non-hydrogen) atoms. The van der Waals surface area contributed by atoms with Crippen molar-refractivity contribution in [1.29, 1.82) is 0 Å². The summed E-state index contributed by atoms with van der Waals surface area (Å²) in [6, 6.07) is 12.5. The number of ether oxygens (including phenoxy) is 2. The number of nitrogens with zero attached hydrogens (tertiary/aromatic N) is 3. The molecule has 1 aliphatic rings. The first kappa shape index (κ1) is 15.4. The number of pyridine rings is 1. The van der Waals surface area contributed by atoms with Crippen molar-refractivity contribution in [2.45, 2.75) is 0 Å². The zero-order chi connectivity index (χ0) is 18.4. The minimum Gasteiger partial charge on any atom is -0.486 e. The summed E-state index contributed by atoms with van der Waals surface area (Å²) in [4.78, 5) is 20.2. The maximum atomic E-state index is 12.6. The van der Waals surface area contributed by atoms with Crippen molar-refractivity contribution in [3.05, 3.63) is 59.0 Å². The highest BCUT2D eigenvalue weighted by Crippen LogP contribution is 2.34. The summed E-state index contributed by atoms with van der Waals surface area (Å²) in [5, 5.41) is 4.16. The van der Waals surface area contributed by atoms with Crippen LogP contribution in [-0.4, -0.2) is 32.8 Å². The van der Waals surface area contributed by atoms with Crippen LogP contribution in [0.4, 0.5) is 5.82 Å². The molecule has 4 aromatic rings. The maximum absolute atomic E-state index is 12.6. The number of benzene rings is 1. The van der Waals surface area contributed by atoms with E-state index in [2.05, 4.69) is 15.1 Å². The standard InChI is InChI=1S/C19H15N5O3/c20-18-17(12-3-1-2-6-21-12)19-22-13(10-16(25)24(19)23-18)11-4-5-14-15(9-11)27-8-7-26-14/h1-6,9-10,22H,7-8H2,(H2,20,23). The largest absolute Gasteiger partial charge is 0.486 e. The number of rotatable bonds is 2. The molecule has 134 valence electrons. The van der Waals surface area contributed by atoms with Crippen molar-refractivity contribution in [1.82, 2.24) is 19.6 Å². The molecular formula is C19H15N5O3. The molecule has 0 spiro atoms. The fraction of sp³-hybridized carbons (Fsp3) is 0.105. The molecule has 0 saturated heterocycles. The molecular weight excluding hydrogens is 346 g/mol. The van der Waals surface area contributed by atoms with Gasteiger partial charge in [-0.3, -0.25) is 9.78 Å². The van der Waals surface area contributed by atoms with E-state index in [9.17, 15) is 4.79 Å². The Balaban J connectivity index is 1.72. The first-order chi connectivity index (χ1) is 13.2. The number of fused-ring (bicyclic) bond motifs is 2. The zero-order valence-electron chi connectivity index (χ0n) is 14.2. The van der Waals surface area contributed by atoms with Gasteiger partial charge in [0.15, 0.2) is 17.3 Å². The minimum atomic E-state index is -0.289. The lowest BCUT2D eigenvalue weighted by molar-refractivity contribution is 0.171. The predicted molar refractivity (Wildman–Crippen MR) is 99.9 cm³/mol. The molecule has 4 heterocycles. The van der Waals surface area contributed by atoms with E-state index in [4.69, 9.17) is 15.2 Å². The van der Waals surface area contributed by atoms with Gasteiger partial charge in [0.05, 0.1) is 17.0 Å². The number of aromatic nitrogens is 4. The van der Waals surface area contributed by atoms with E-state index in [0.717, 1.165) is 5.56 Å². The lowest BCUT2D eigenvalue weighted by Crippen LogP contribution is -2.16. The fourth-order valence-corrected chi connectivity index (χ4v) is 3.19. The molecule has 8 heteroatoms. The number of anilines is 1. The lowest BCUT2D eigenvalue weighted by atomic mass is 10.1. The second kappa shape index (κ2) is 5.87. The molecule has 0 bridgehead atoms. The number of hydrogen-bond donors (Lipinski definition) is 2. The third-order valence-corrected chi connectivity index (χ3v) is 4.42. The van der Waals surface area contributed by atoms with Crippen molar-refractivity contribution in [2.24, 2.45) is 0 Å². The van der Waals surface area contributed by atoms with Crippen LogP contribution in [0.3, 0.4) is 0 Å². The Morgan fingerprint density at radius 3 is 2.74 bits per heavy atom. The Kier molecular flexibility index (Phi) is 3.36. The minimum absolute atomic E-state index is 0.237. The summed E-state index contributed by atoms with van der Waals surface area (Å²) < 4.78 is 12.4. The van der Waals surface area contributed by atoms with E-state index in [1.54, 1.807) is 6.20 Å². The lowest BCUT2D eigenvalue weighted by Gasteiger charge is -2.18. The quantitative estimate of drug-likeness (QED) is 0.566. The molecule has 0 atom stereocenters. The van der Waals surface area contributed by atoms with E-state index in [1.807, 2.05) is 36.4 Å². The Morgan fingerprint density at radius 2 is 1.93 bits per heavy atom. The summed E-state index contributed by atoms with van der Waals surface area (Å²) in [6.07, 6.45) is 1.67. The molecule has 1 aliphatic heterocycles. The summed E-state index contributed by atoms with van der Waals surface area (Å²) in [7, 11) is 0. The third-order valence-electron chi connectivity index (χ3n) is 4.42. The molecule has 0 saturated carbocycles. The summed E-state index contributed by atoms with van der Waals surface area (Å²) in [6.45, 7) is 1.02. The van der Waals surface area contributed by atoms with E-state index in [1.165, 1.54) is 10.6 Å². The topological polar surface area (TPSA) is 108 Å². The third kappa shape index (κ3) is 2.50. The molecule has 1 aromatic carbocycles. The Morgan fingerprint density at radius 1 is 1.07 bits per heavy atom. The van der Waals surface area contributed by atoms with Gasteiger partial charge in [-0.2, -0.15) is 4.52 Å². The van der Waals surface area contributed by atoms with Crippen LogP contribution in [0.1, 0.15) is 0 Å². The van der Waals surface area contributed by atoms with Crippen molar-refractivity contribution in [3.63, 3.8) is 0 Å². The molecule has 0 aliphatic carbocycles. The van der Waals surface area contributed by atoms with Crippen molar-refractivity contribution < 1.29 is 9.47 Å². The molecule has 8 nitrogen and oxygen atoms in total. The Bertz CT molecular complexity index is 1210. The van der Waals surface area contributed by atoms with E-state index < -0.39 is 0 Å². The van der Waals surface area contributed by atoms with Crippen LogP contribution < -0.4 is 20.8 Å². The zero-order valence-corrected chi connectivity index (χ0v) is 14.2. The SMILES string of the molecule is Nc1nn2c(=O)cc(-c3ccc4c(c3)OCCO4)[nH]c2c1-c1ccccn1. The van der Waals surface area contributed by atoms with E-state index in [-0.39, 0.29) is 11.4 Å². The highest BCUT2D eigenvalue weighted by molar-refractivity contribution is 5.85. The van der Waals surface area contributed by atoms with E-state index in [0.29, 0.717) is 47.3 Å². The van der Waals surface area contributed by atoms with Crippen LogP contribution >= 0.6 is 0 Å². The summed E-state index contributed by atoms with van der Waals surface area (Å²) >= 11 is 0. The number of nitrogen functional groups attached to an aromatic ring is 1. The van der Waals surface area contributed by atoms with Gasteiger partial charge in [0, 0.05) is 17.8 Å². The molecule has 3 aromatic heterocycles. The van der Waals surface area contributed by atoms with Gasteiger partial charge in [-0.15, -0.1) is 5.10 Å². The number of hydrogen-bond acceptors (Lipinski definition) is 6. The average Bonchev–Trinajstić information content (AvgIpc) is 3.05. The van der Waals surface area contributed by atoms with Crippen LogP contribution in [0.25, 0.3) is 28.2 Å². The van der Waals surface area contributed by atoms with Crippen molar-refractivity contribution >= 4 is 11.5 Å². The van der Waals surface area contributed by atoms with Gasteiger partial charge in [-0.1, -0.05) is 6.07 Å². The van der Waals surface area contributed by atoms with Crippen molar-refractivity contribution in [2.75, 3.05) is 18.9 Å². The van der Waals surface area contributed by atoms with Gasteiger partial charge < -0.3 is 20.2 Å². The molecule has 5 rings (SSSR count). The van der Waals surface area contributed by atoms with Gasteiger partial charge >= 0.3 is 0 Å². The van der Waals surface area contributed by atoms with Crippen LogP contribution in [0, 0.1) is 0 Å². The van der Waals surface area contributed by atoms with Crippen LogP contribution in [0.5, 0.6) is 11.5 Å². The number of nitrogens with one attached hydrogen (secondary N) is 1. The fourth-order valence-electron chi connectivity index (χ4n) is 3.19. The second-order valence-electron chi connectivity index (χ2n) is 6.12. The predicted octanol–water partition coefficient (Wildman–Crippen LogP) is 2.10. The molecule has 0 fully saturated rings. The van der Waals surface area contributed by atoms with Gasteiger partial charge in [-0.25, -0.2) is 0 Å². The summed E-state index contributed by atoms with van der Waals surface area (Å²) in [5.74, 6) is 1.58. The number of aromatic amines is 1. The van der Waals surface area contributed by atoms with Crippen LogP contribution in [0.15, 0.2) is 53.5 Å².